The second kappa shape index (κ2) is 5.52. The first kappa shape index (κ1) is 13.1. The van der Waals surface area contributed by atoms with E-state index in [1.807, 2.05) is 19.1 Å². The summed E-state index contributed by atoms with van der Waals surface area (Å²) in [5, 5.41) is 3.04. The molecule has 98 valence electrons. The van der Waals surface area contributed by atoms with E-state index >= 15 is 0 Å². The summed E-state index contributed by atoms with van der Waals surface area (Å²) in [5.41, 5.74) is 7.86. The minimum Gasteiger partial charge on any atom is -0.378 e. The van der Waals surface area contributed by atoms with Gasteiger partial charge in [0.15, 0.2) is 0 Å². The smallest absolute Gasteiger partial charge is 0.248 e. The van der Waals surface area contributed by atoms with Gasteiger partial charge in [0.05, 0.1) is 5.69 Å². The number of para-hydroxylation sites is 1. The van der Waals surface area contributed by atoms with Crippen molar-refractivity contribution in [1.29, 1.82) is 0 Å². The van der Waals surface area contributed by atoms with E-state index in [1.165, 1.54) is 6.07 Å². The van der Waals surface area contributed by atoms with Crippen molar-refractivity contribution in [3.8, 4) is 0 Å². The Balaban J connectivity index is 2.15. The Hall–Kier alpha value is -2.36. The summed E-state index contributed by atoms with van der Waals surface area (Å²) in [4.78, 5) is 11.1. The number of anilines is 1. The fourth-order valence-electron chi connectivity index (χ4n) is 1.88. The maximum Gasteiger partial charge on any atom is 0.248 e. The number of amides is 1. The van der Waals surface area contributed by atoms with Gasteiger partial charge in [-0.2, -0.15) is 0 Å². The topological polar surface area (TPSA) is 55.1 Å². The second-order valence-electron chi connectivity index (χ2n) is 4.35. The summed E-state index contributed by atoms with van der Waals surface area (Å²) in [6.07, 6.45) is 0. The number of hydrogen-bond donors (Lipinski definition) is 2. The highest BCUT2D eigenvalue weighted by atomic mass is 19.1. The Morgan fingerprint density at radius 2 is 2.00 bits per heavy atom. The van der Waals surface area contributed by atoms with Crippen LogP contribution in [0.3, 0.4) is 0 Å². The number of hydrogen-bond acceptors (Lipinski definition) is 2. The zero-order chi connectivity index (χ0) is 13.8. The molecule has 0 fully saturated rings. The van der Waals surface area contributed by atoms with E-state index in [-0.39, 0.29) is 5.82 Å². The second-order valence-corrected chi connectivity index (χ2v) is 4.35. The van der Waals surface area contributed by atoms with Crippen molar-refractivity contribution in [1.82, 2.24) is 0 Å². The third-order valence-corrected chi connectivity index (χ3v) is 2.90. The molecule has 1 amide bonds. The molecule has 4 heteroatoms. The highest BCUT2D eigenvalue weighted by Gasteiger charge is 2.05. The number of nitrogens with two attached hydrogens (primary N) is 1. The van der Waals surface area contributed by atoms with Crippen molar-refractivity contribution in [3.63, 3.8) is 0 Å². The number of benzene rings is 2. The number of primary amides is 1. The van der Waals surface area contributed by atoms with E-state index in [4.69, 9.17) is 5.73 Å². The van der Waals surface area contributed by atoms with Gasteiger partial charge in [-0.3, -0.25) is 4.79 Å². The Morgan fingerprint density at radius 1 is 1.26 bits per heavy atom. The Kier molecular flexibility index (Phi) is 3.80. The Labute approximate surface area is 111 Å². The molecule has 0 radical (unpaired) electrons. The number of aryl methyl sites for hydroxylation is 1. The summed E-state index contributed by atoms with van der Waals surface area (Å²) >= 11 is 0. The van der Waals surface area contributed by atoms with Crippen LogP contribution in [0.1, 0.15) is 21.5 Å². The molecule has 0 aliphatic carbocycles. The fraction of sp³-hybridized carbons (Fsp3) is 0.133. The molecule has 0 aromatic heterocycles. The Bertz CT molecular complexity index is 591. The van der Waals surface area contributed by atoms with Gasteiger partial charge in [0.2, 0.25) is 5.91 Å². The van der Waals surface area contributed by atoms with Crippen LogP contribution in [0.15, 0.2) is 42.5 Å². The molecule has 0 aliphatic heterocycles. The van der Waals surface area contributed by atoms with Gasteiger partial charge in [0.25, 0.3) is 0 Å². The van der Waals surface area contributed by atoms with Crippen molar-refractivity contribution in [3.05, 3.63) is 65.0 Å². The van der Waals surface area contributed by atoms with Crippen LogP contribution in [0.4, 0.5) is 10.1 Å². The number of rotatable bonds is 4. The van der Waals surface area contributed by atoms with Gasteiger partial charge < -0.3 is 11.1 Å². The van der Waals surface area contributed by atoms with Crippen molar-refractivity contribution in [2.24, 2.45) is 5.73 Å². The van der Waals surface area contributed by atoms with E-state index in [2.05, 4.69) is 5.32 Å². The van der Waals surface area contributed by atoms with Crippen molar-refractivity contribution in [2.45, 2.75) is 13.5 Å². The molecular weight excluding hydrogens is 243 g/mol. The van der Waals surface area contributed by atoms with Crippen LogP contribution < -0.4 is 11.1 Å². The predicted molar refractivity (Wildman–Crippen MR) is 73.4 cm³/mol. The molecule has 3 N–H and O–H groups in total. The molecule has 0 bridgehead atoms. The molecule has 3 nitrogen and oxygen atoms in total. The lowest BCUT2D eigenvalue weighted by atomic mass is 10.1. The van der Waals surface area contributed by atoms with Gasteiger partial charge in [-0.25, -0.2) is 4.39 Å². The van der Waals surface area contributed by atoms with Crippen LogP contribution in [-0.4, -0.2) is 5.91 Å². The van der Waals surface area contributed by atoms with E-state index in [1.54, 1.807) is 24.3 Å². The highest BCUT2D eigenvalue weighted by molar-refractivity contribution is 5.92. The zero-order valence-electron chi connectivity index (χ0n) is 10.6. The van der Waals surface area contributed by atoms with Crippen LogP contribution in [0, 0.1) is 12.7 Å². The fourth-order valence-corrected chi connectivity index (χ4v) is 1.88. The number of nitrogens with one attached hydrogen (secondary N) is 1. The van der Waals surface area contributed by atoms with Crippen LogP contribution in [0.2, 0.25) is 0 Å². The summed E-state index contributed by atoms with van der Waals surface area (Å²) in [6.45, 7) is 2.27. The molecule has 2 rings (SSSR count). The third kappa shape index (κ3) is 3.10. The lowest BCUT2D eigenvalue weighted by Crippen LogP contribution is -2.11. The van der Waals surface area contributed by atoms with Gasteiger partial charge in [0, 0.05) is 12.1 Å². The van der Waals surface area contributed by atoms with E-state index in [0.29, 0.717) is 17.8 Å². The number of carbonyl (C=O) groups excluding carboxylic acids is 1. The summed E-state index contributed by atoms with van der Waals surface area (Å²) in [5.74, 6) is -0.755. The monoisotopic (exact) mass is 258 g/mol. The molecule has 0 saturated carbocycles. The molecule has 0 unspecified atom stereocenters. The molecule has 19 heavy (non-hydrogen) atoms. The first-order valence-corrected chi connectivity index (χ1v) is 5.95. The number of halogens is 1. The third-order valence-electron chi connectivity index (χ3n) is 2.90. The summed E-state index contributed by atoms with van der Waals surface area (Å²) < 4.78 is 13.6. The molecule has 0 heterocycles. The first-order chi connectivity index (χ1) is 9.08. The van der Waals surface area contributed by atoms with Crippen molar-refractivity contribution in [2.75, 3.05) is 5.32 Å². The van der Waals surface area contributed by atoms with E-state index in [0.717, 1.165) is 11.1 Å². The van der Waals surface area contributed by atoms with Crippen LogP contribution in [-0.2, 0) is 6.54 Å². The van der Waals surface area contributed by atoms with Crippen molar-refractivity contribution >= 4 is 11.6 Å². The van der Waals surface area contributed by atoms with Gasteiger partial charge in [0.1, 0.15) is 5.82 Å². The maximum atomic E-state index is 13.6. The average Bonchev–Trinajstić information content (AvgIpc) is 2.38. The largest absolute Gasteiger partial charge is 0.378 e. The minimum atomic E-state index is -0.469. The molecule has 0 aliphatic rings. The van der Waals surface area contributed by atoms with Gasteiger partial charge in [-0.1, -0.05) is 24.3 Å². The SMILES string of the molecule is Cc1cccc(F)c1NCc1cccc(C(N)=O)c1. The molecule has 0 atom stereocenters. The van der Waals surface area contributed by atoms with E-state index in [9.17, 15) is 9.18 Å². The predicted octanol–water partition coefficient (Wildman–Crippen LogP) is 2.85. The Morgan fingerprint density at radius 3 is 2.68 bits per heavy atom. The lowest BCUT2D eigenvalue weighted by Gasteiger charge is -2.11. The van der Waals surface area contributed by atoms with Crippen molar-refractivity contribution < 1.29 is 9.18 Å². The van der Waals surface area contributed by atoms with Crippen LogP contribution >= 0.6 is 0 Å². The molecule has 2 aromatic carbocycles. The quantitative estimate of drug-likeness (QED) is 0.886. The average molecular weight is 258 g/mol. The van der Waals surface area contributed by atoms with Crippen LogP contribution in [0.5, 0.6) is 0 Å². The first-order valence-electron chi connectivity index (χ1n) is 5.95. The molecule has 0 spiro atoms. The lowest BCUT2D eigenvalue weighted by molar-refractivity contribution is 0.1000. The van der Waals surface area contributed by atoms with Gasteiger partial charge in [-0.15, -0.1) is 0 Å². The molecular formula is C15H15FN2O. The summed E-state index contributed by atoms with van der Waals surface area (Å²) in [7, 11) is 0. The molecule has 0 saturated heterocycles. The standard InChI is InChI=1S/C15H15FN2O/c1-10-4-2-7-13(16)14(10)18-9-11-5-3-6-12(8-11)15(17)19/h2-8,18H,9H2,1H3,(H2,17,19). The van der Waals surface area contributed by atoms with Gasteiger partial charge in [-0.05, 0) is 36.2 Å². The van der Waals surface area contributed by atoms with Gasteiger partial charge >= 0.3 is 0 Å². The zero-order valence-corrected chi connectivity index (χ0v) is 10.6. The summed E-state index contributed by atoms with van der Waals surface area (Å²) in [6, 6.07) is 11.9. The molecule has 2 aromatic rings. The minimum absolute atomic E-state index is 0.286. The maximum absolute atomic E-state index is 13.6. The number of carbonyl (C=O) groups is 1. The van der Waals surface area contributed by atoms with Crippen LogP contribution in [0.25, 0.3) is 0 Å². The highest BCUT2D eigenvalue weighted by Crippen LogP contribution is 2.19. The normalized spacial score (nSPS) is 10.2. The van der Waals surface area contributed by atoms with E-state index < -0.39 is 5.91 Å².